The van der Waals surface area contributed by atoms with Crippen molar-refractivity contribution < 1.29 is 4.74 Å². The van der Waals surface area contributed by atoms with Gasteiger partial charge >= 0.3 is 0 Å². The largest absolute Gasteiger partial charge is 0.378 e. The van der Waals surface area contributed by atoms with E-state index in [-0.39, 0.29) is 0 Å². The van der Waals surface area contributed by atoms with Gasteiger partial charge in [-0.05, 0) is 31.2 Å². The van der Waals surface area contributed by atoms with Crippen LogP contribution in [0.4, 0.5) is 0 Å². The van der Waals surface area contributed by atoms with E-state index >= 15 is 0 Å². The van der Waals surface area contributed by atoms with Crippen LogP contribution in [-0.2, 0) is 11.2 Å². The van der Waals surface area contributed by atoms with Crippen molar-refractivity contribution in [3.63, 3.8) is 0 Å². The van der Waals surface area contributed by atoms with E-state index in [0.29, 0.717) is 6.04 Å². The minimum absolute atomic E-state index is 0.467. The summed E-state index contributed by atoms with van der Waals surface area (Å²) in [4.78, 5) is 2.35. The number of benzene rings is 1. The van der Waals surface area contributed by atoms with E-state index in [4.69, 9.17) is 16.3 Å². The highest BCUT2D eigenvalue weighted by Crippen LogP contribution is 2.10. The van der Waals surface area contributed by atoms with Gasteiger partial charge in [-0.15, -0.1) is 0 Å². The molecule has 100 valence electrons. The normalized spacial score (nSPS) is 20.3. The van der Waals surface area contributed by atoms with Gasteiger partial charge < -0.3 is 15.0 Å². The number of halogens is 1. The van der Waals surface area contributed by atoms with E-state index in [1.807, 2.05) is 12.1 Å². The molecule has 1 fully saturated rings. The predicted octanol–water partition coefficient (Wildman–Crippen LogP) is 1.80. The molecule has 1 N–H and O–H groups in total. The third kappa shape index (κ3) is 4.58. The van der Waals surface area contributed by atoms with Crippen molar-refractivity contribution >= 4 is 11.6 Å². The first-order valence-electron chi connectivity index (χ1n) is 6.48. The van der Waals surface area contributed by atoms with Crippen molar-refractivity contribution in [3.8, 4) is 0 Å². The first-order chi connectivity index (χ1) is 8.74. The fraction of sp³-hybridized carbons (Fsp3) is 0.571. The van der Waals surface area contributed by atoms with Gasteiger partial charge in [0.25, 0.3) is 0 Å². The number of likely N-dealkylation sites (N-methyl/N-ethyl adjacent to an activating group) is 1. The van der Waals surface area contributed by atoms with Gasteiger partial charge in [0, 0.05) is 30.7 Å². The Morgan fingerprint density at radius 1 is 1.39 bits per heavy atom. The van der Waals surface area contributed by atoms with Crippen LogP contribution in [-0.4, -0.2) is 50.8 Å². The molecule has 0 aliphatic carbocycles. The zero-order valence-electron chi connectivity index (χ0n) is 10.9. The lowest BCUT2D eigenvalue weighted by Crippen LogP contribution is -2.47. The molecule has 1 atom stereocenters. The summed E-state index contributed by atoms with van der Waals surface area (Å²) in [6.45, 7) is 4.72. The van der Waals surface area contributed by atoms with Crippen LogP contribution < -0.4 is 5.32 Å². The summed E-state index contributed by atoms with van der Waals surface area (Å²) in [5.41, 5.74) is 1.33. The van der Waals surface area contributed by atoms with Gasteiger partial charge in [-0.1, -0.05) is 23.7 Å². The summed E-state index contributed by atoms with van der Waals surface area (Å²) in [7, 11) is 2.16. The maximum atomic E-state index is 5.87. The summed E-state index contributed by atoms with van der Waals surface area (Å²) in [6.07, 6.45) is 1.06. The van der Waals surface area contributed by atoms with E-state index in [0.717, 1.165) is 44.3 Å². The number of hydrogen-bond donors (Lipinski definition) is 1. The first kappa shape index (κ1) is 13.8. The lowest BCUT2D eigenvalue weighted by atomic mass is 10.1. The van der Waals surface area contributed by atoms with Gasteiger partial charge in [0.2, 0.25) is 0 Å². The monoisotopic (exact) mass is 268 g/mol. The molecule has 1 aliphatic rings. The maximum Gasteiger partial charge on any atom is 0.0632 e. The van der Waals surface area contributed by atoms with Crippen LogP contribution in [0.15, 0.2) is 24.3 Å². The Hall–Kier alpha value is -0.610. The second-order valence-electron chi connectivity index (χ2n) is 4.86. The number of ether oxygens (including phenoxy) is 1. The SMILES string of the molecule is CN(CCc1ccc(Cl)cc1)CC1COCCN1. The van der Waals surface area contributed by atoms with E-state index in [9.17, 15) is 0 Å². The van der Waals surface area contributed by atoms with Gasteiger partial charge in [0.1, 0.15) is 0 Å². The molecule has 3 nitrogen and oxygen atoms in total. The molecule has 1 saturated heterocycles. The number of nitrogens with one attached hydrogen (secondary N) is 1. The fourth-order valence-electron chi connectivity index (χ4n) is 2.18. The zero-order chi connectivity index (χ0) is 12.8. The fourth-order valence-corrected chi connectivity index (χ4v) is 2.30. The molecule has 1 aromatic rings. The topological polar surface area (TPSA) is 24.5 Å². The minimum Gasteiger partial charge on any atom is -0.378 e. The molecular formula is C14H21ClN2O. The Morgan fingerprint density at radius 3 is 2.83 bits per heavy atom. The quantitative estimate of drug-likeness (QED) is 0.881. The molecule has 0 radical (unpaired) electrons. The van der Waals surface area contributed by atoms with Crippen LogP contribution in [0.2, 0.25) is 5.02 Å². The Morgan fingerprint density at radius 2 is 2.17 bits per heavy atom. The van der Waals surface area contributed by atoms with Gasteiger partial charge in [-0.2, -0.15) is 0 Å². The van der Waals surface area contributed by atoms with Crippen molar-refractivity contribution in [3.05, 3.63) is 34.9 Å². The number of morpholine rings is 1. The van der Waals surface area contributed by atoms with E-state index in [1.165, 1.54) is 5.56 Å². The molecule has 0 amide bonds. The summed E-state index contributed by atoms with van der Waals surface area (Å²) in [6, 6.07) is 8.56. The third-order valence-corrected chi connectivity index (χ3v) is 3.48. The summed E-state index contributed by atoms with van der Waals surface area (Å²) < 4.78 is 5.46. The van der Waals surface area contributed by atoms with E-state index in [2.05, 4.69) is 29.4 Å². The average Bonchev–Trinajstić information content (AvgIpc) is 2.39. The Balaban J connectivity index is 1.70. The van der Waals surface area contributed by atoms with Crippen LogP contribution in [0.5, 0.6) is 0 Å². The van der Waals surface area contributed by atoms with Crippen LogP contribution in [0.25, 0.3) is 0 Å². The van der Waals surface area contributed by atoms with Gasteiger partial charge in [-0.3, -0.25) is 0 Å². The highest BCUT2D eigenvalue weighted by Gasteiger charge is 2.14. The molecule has 0 aromatic heterocycles. The highest BCUT2D eigenvalue weighted by molar-refractivity contribution is 6.30. The second kappa shape index (κ2) is 7.10. The van der Waals surface area contributed by atoms with Crippen molar-refractivity contribution in [1.29, 1.82) is 0 Å². The zero-order valence-corrected chi connectivity index (χ0v) is 11.6. The van der Waals surface area contributed by atoms with E-state index in [1.54, 1.807) is 0 Å². The molecular weight excluding hydrogens is 248 g/mol. The molecule has 1 heterocycles. The Labute approximate surface area is 114 Å². The molecule has 1 aliphatic heterocycles. The summed E-state index contributed by atoms with van der Waals surface area (Å²) in [5.74, 6) is 0. The lowest BCUT2D eigenvalue weighted by molar-refractivity contribution is 0.0655. The number of nitrogens with zero attached hydrogens (tertiary/aromatic N) is 1. The molecule has 1 aromatic carbocycles. The Kier molecular flexibility index (Phi) is 5.45. The molecule has 0 saturated carbocycles. The summed E-state index contributed by atoms with van der Waals surface area (Å²) in [5, 5.41) is 4.27. The second-order valence-corrected chi connectivity index (χ2v) is 5.30. The van der Waals surface area contributed by atoms with Crippen LogP contribution >= 0.6 is 11.6 Å². The molecule has 2 rings (SSSR count). The molecule has 4 heteroatoms. The van der Waals surface area contributed by atoms with Gasteiger partial charge in [0.05, 0.1) is 13.2 Å². The van der Waals surface area contributed by atoms with Crippen LogP contribution in [0.1, 0.15) is 5.56 Å². The first-order valence-corrected chi connectivity index (χ1v) is 6.86. The van der Waals surface area contributed by atoms with Crippen LogP contribution in [0.3, 0.4) is 0 Å². The molecule has 1 unspecified atom stereocenters. The minimum atomic E-state index is 0.467. The predicted molar refractivity (Wildman–Crippen MR) is 75.3 cm³/mol. The molecule has 0 spiro atoms. The highest BCUT2D eigenvalue weighted by atomic mass is 35.5. The smallest absolute Gasteiger partial charge is 0.0632 e. The lowest BCUT2D eigenvalue weighted by Gasteiger charge is -2.28. The van der Waals surface area contributed by atoms with Gasteiger partial charge in [0.15, 0.2) is 0 Å². The average molecular weight is 269 g/mol. The molecule has 18 heavy (non-hydrogen) atoms. The Bertz CT molecular complexity index is 349. The molecule has 0 bridgehead atoms. The summed E-state index contributed by atoms with van der Waals surface area (Å²) >= 11 is 5.87. The van der Waals surface area contributed by atoms with Crippen molar-refractivity contribution in [2.75, 3.05) is 39.9 Å². The van der Waals surface area contributed by atoms with Gasteiger partial charge in [-0.25, -0.2) is 0 Å². The van der Waals surface area contributed by atoms with E-state index < -0.39 is 0 Å². The van der Waals surface area contributed by atoms with Crippen LogP contribution in [0, 0.1) is 0 Å². The van der Waals surface area contributed by atoms with Crippen molar-refractivity contribution in [2.24, 2.45) is 0 Å². The van der Waals surface area contributed by atoms with Crippen molar-refractivity contribution in [1.82, 2.24) is 10.2 Å². The third-order valence-electron chi connectivity index (χ3n) is 3.23. The maximum absolute atomic E-state index is 5.87. The van der Waals surface area contributed by atoms with Crippen molar-refractivity contribution in [2.45, 2.75) is 12.5 Å². The number of hydrogen-bond acceptors (Lipinski definition) is 3. The standard InChI is InChI=1S/C14H21ClN2O/c1-17(10-14-11-18-9-7-16-14)8-6-12-2-4-13(15)5-3-12/h2-5,14,16H,6-11H2,1H3. The number of rotatable bonds is 5.